The first-order chi connectivity index (χ1) is 12.7. The summed E-state index contributed by atoms with van der Waals surface area (Å²) >= 11 is 1.74. The molecule has 4 heteroatoms. The zero-order chi connectivity index (χ0) is 18.4. The Morgan fingerprint density at radius 2 is 1.85 bits per heavy atom. The molecule has 3 rings (SSSR count). The van der Waals surface area contributed by atoms with E-state index in [4.69, 9.17) is 0 Å². The van der Waals surface area contributed by atoms with Gasteiger partial charge in [0.05, 0.1) is 13.1 Å². The summed E-state index contributed by atoms with van der Waals surface area (Å²) in [6.07, 6.45) is 5.40. The van der Waals surface area contributed by atoms with Crippen LogP contribution in [0, 0.1) is 0 Å². The van der Waals surface area contributed by atoms with Crippen LogP contribution in [0.3, 0.4) is 0 Å². The number of nitrogens with one attached hydrogen (secondary N) is 1. The molecule has 0 aromatic heterocycles. The lowest BCUT2D eigenvalue weighted by Crippen LogP contribution is -3.13. The van der Waals surface area contributed by atoms with E-state index in [1.807, 2.05) is 18.0 Å². The van der Waals surface area contributed by atoms with Crippen molar-refractivity contribution in [2.75, 3.05) is 32.9 Å². The van der Waals surface area contributed by atoms with Crippen molar-refractivity contribution in [3.8, 4) is 0 Å². The van der Waals surface area contributed by atoms with Crippen LogP contribution in [0.15, 0.2) is 65.6 Å². The van der Waals surface area contributed by atoms with E-state index in [0.29, 0.717) is 13.1 Å². The van der Waals surface area contributed by atoms with Gasteiger partial charge in [0.15, 0.2) is 6.54 Å². The first-order valence-electron chi connectivity index (χ1n) is 9.10. The second-order valence-corrected chi connectivity index (χ2v) is 7.70. The number of amides is 1. The number of carbonyl (C=O) groups excluding carboxylic acids is 1. The van der Waals surface area contributed by atoms with Gasteiger partial charge in [-0.1, -0.05) is 42.5 Å². The molecule has 0 aliphatic carbocycles. The zero-order valence-electron chi connectivity index (χ0n) is 15.6. The Bertz CT molecular complexity index is 755. The Kier molecular flexibility index (Phi) is 6.53. The van der Waals surface area contributed by atoms with E-state index < -0.39 is 0 Å². The minimum absolute atomic E-state index is 0.213. The predicted octanol–water partition coefficient (Wildman–Crippen LogP) is 2.74. The van der Waals surface area contributed by atoms with Crippen LogP contribution in [0.1, 0.15) is 17.5 Å². The van der Waals surface area contributed by atoms with Crippen LogP contribution in [0.5, 0.6) is 0 Å². The largest absolute Gasteiger partial charge is 0.337 e. The van der Waals surface area contributed by atoms with Gasteiger partial charge in [-0.05, 0) is 41.2 Å². The van der Waals surface area contributed by atoms with Crippen LogP contribution in [0.4, 0.5) is 0 Å². The molecule has 1 amide bonds. The van der Waals surface area contributed by atoms with Crippen molar-refractivity contribution in [3.05, 3.63) is 71.8 Å². The SMILES string of the molecule is CSc1ccc(CN(C)C(=O)C[NH+]2CC=C(c3ccccc3)CC2)cc1. The number of hydrogen-bond donors (Lipinski definition) is 1. The normalized spacial score (nSPS) is 16.8. The number of thioether (sulfide) groups is 1. The first-order valence-corrected chi connectivity index (χ1v) is 10.3. The third-order valence-corrected chi connectivity index (χ3v) is 5.68. The maximum atomic E-state index is 12.6. The van der Waals surface area contributed by atoms with Gasteiger partial charge in [0.2, 0.25) is 0 Å². The Balaban J connectivity index is 1.51. The van der Waals surface area contributed by atoms with Gasteiger partial charge in [-0.2, -0.15) is 0 Å². The molecule has 1 aliphatic heterocycles. The molecule has 1 N–H and O–H groups in total. The molecule has 0 saturated carbocycles. The Morgan fingerprint density at radius 3 is 2.46 bits per heavy atom. The molecule has 1 atom stereocenters. The number of rotatable bonds is 6. The fraction of sp³-hybridized carbons (Fsp3) is 0.318. The molecule has 2 aromatic carbocycles. The van der Waals surface area contributed by atoms with E-state index >= 15 is 0 Å². The molecule has 0 saturated heterocycles. The fourth-order valence-electron chi connectivity index (χ4n) is 3.30. The van der Waals surface area contributed by atoms with Crippen LogP contribution in [0.2, 0.25) is 0 Å². The summed E-state index contributed by atoms with van der Waals surface area (Å²) in [5.41, 5.74) is 3.89. The van der Waals surface area contributed by atoms with Gasteiger partial charge >= 0.3 is 0 Å². The van der Waals surface area contributed by atoms with Gasteiger partial charge in [0, 0.05) is 24.9 Å². The zero-order valence-corrected chi connectivity index (χ0v) is 16.4. The monoisotopic (exact) mass is 367 g/mol. The van der Waals surface area contributed by atoms with E-state index in [-0.39, 0.29) is 5.91 Å². The van der Waals surface area contributed by atoms with Gasteiger partial charge < -0.3 is 9.80 Å². The lowest BCUT2D eigenvalue weighted by atomic mass is 9.99. The molecule has 2 aromatic rings. The van der Waals surface area contributed by atoms with Gasteiger partial charge in [-0.15, -0.1) is 11.8 Å². The standard InChI is InChI=1S/C22H26N2OS/c1-23(16-18-8-10-21(26-2)11-9-18)22(25)17-24-14-12-20(13-15-24)19-6-4-3-5-7-19/h3-12H,13-17H2,1-2H3/p+1. The van der Waals surface area contributed by atoms with Crippen LogP contribution in [-0.2, 0) is 11.3 Å². The Hall–Kier alpha value is -2.04. The van der Waals surface area contributed by atoms with E-state index in [9.17, 15) is 4.79 Å². The predicted molar refractivity (Wildman–Crippen MR) is 109 cm³/mol. The summed E-state index contributed by atoms with van der Waals surface area (Å²) in [4.78, 5) is 17.0. The van der Waals surface area contributed by atoms with Crippen LogP contribution in [-0.4, -0.2) is 43.7 Å². The second-order valence-electron chi connectivity index (χ2n) is 6.82. The van der Waals surface area contributed by atoms with Crippen LogP contribution >= 0.6 is 11.8 Å². The number of carbonyl (C=O) groups is 1. The Morgan fingerprint density at radius 1 is 1.12 bits per heavy atom. The molecule has 0 bridgehead atoms. The molecule has 0 radical (unpaired) electrons. The second kappa shape index (κ2) is 9.06. The van der Waals surface area contributed by atoms with Crippen molar-refractivity contribution in [2.45, 2.75) is 17.9 Å². The highest BCUT2D eigenvalue weighted by molar-refractivity contribution is 7.98. The molecule has 0 fully saturated rings. The molecule has 1 unspecified atom stereocenters. The molecule has 3 nitrogen and oxygen atoms in total. The van der Waals surface area contributed by atoms with Gasteiger partial charge in [-0.25, -0.2) is 0 Å². The molecule has 0 spiro atoms. The van der Waals surface area contributed by atoms with Crippen molar-refractivity contribution < 1.29 is 9.69 Å². The average Bonchev–Trinajstić information content (AvgIpc) is 2.70. The summed E-state index contributed by atoms with van der Waals surface area (Å²) in [5, 5.41) is 0. The Labute approximate surface area is 160 Å². The topological polar surface area (TPSA) is 24.8 Å². The van der Waals surface area contributed by atoms with Crippen molar-refractivity contribution >= 4 is 23.2 Å². The lowest BCUT2D eigenvalue weighted by molar-refractivity contribution is -0.887. The number of benzene rings is 2. The number of hydrogen-bond acceptors (Lipinski definition) is 2. The smallest absolute Gasteiger partial charge is 0.277 e. The molecule has 1 heterocycles. The quantitative estimate of drug-likeness (QED) is 0.794. The summed E-state index contributed by atoms with van der Waals surface area (Å²) < 4.78 is 0. The molecule has 136 valence electrons. The minimum Gasteiger partial charge on any atom is -0.337 e. The first kappa shape index (κ1) is 18.7. The van der Waals surface area contributed by atoms with Crippen molar-refractivity contribution in [2.24, 2.45) is 0 Å². The highest BCUT2D eigenvalue weighted by atomic mass is 32.2. The summed E-state index contributed by atoms with van der Waals surface area (Å²) in [7, 11) is 1.90. The maximum absolute atomic E-state index is 12.6. The van der Waals surface area contributed by atoms with E-state index in [1.165, 1.54) is 26.5 Å². The lowest BCUT2D eigenvalue weighted by Gasteiger charge is -2.25. The minimum atomic E-state index is 0.213. The number of quaternary nitrogens is 1. The highest BCUT2D eigenvalue weighted by Crippen LogP contribution is 2.18. The average molecular weight is 368 g/mol. The summed E-state index contributed by atoms with van der Waals surface area (Å²) in [5.74, 6) is 0.213. The molecular weight excluding hydrogens is 340 g/mol. The fourth-order valence-corrected chi connectivity index (χ4v) is 3.71. The van der Waals surface area contributed by atoms with E-state index in [1.54, 1.807) is 11.8 Å². The van der Waals surface area contributed by atoms with Crippen molar-refractivity contribution in [1.29, 1.82) is 0 Å². The van der Waals surface area contributed by atoms with Gasteiger partial charge in [0.25, 0.3) is 5.91 Å². The third-order valence-electron chi connectivity index (χ3n) is 4.94. The number of likely N-dealkylation sites (N-methyl/N-ethyl adjacent to an activating group) is 1. The maximum Gasteiger partial charge on any atom is 0.277 e. The van der Waals surface area contributed by atoms with Gasteiger partial charge in [-0.3, -0.25) is 4.79 Å². The molecule has 1 aliphatic rings. The molecule has 26 heavy (non-hydrogen) atoms. The highest BCUT2D eigenvalue weighted by Gasteiger charge is 2.21. The van der Waals surface area contributed by atoms with Crippen molar-refractivity contribution in [3.63, 3.8) is 0 Å². The summed E-state index contributed by atoms with van der Waals surface area (Å²) in [6.45, 7) is 3.18. The van der Waals surface area contributed by atoms with Crippen molar-refractivity contribution in [1.82, 2.24) is 4.90 Å². The molecular formula is C22H27N2OS+. The van der Waals surface area contributed by atoms with Gasteiger partial charge in [0.1, 0.15) is 0 Å². The van der Waals surface area contributed by atoms with E-state index in [2.05, 4.69) is 60.9 Å². The van der Waals surface area contributed by atoms with Crippen LogP contribution < -0.4 is 4.90 Å². The third kappa shape index (κ3) is 4.99. The summed E-state index contributed by atoms with van der Waals surface area (Å²) in [6, 6.07) is 19.0. The number of nitrogens with zero attached hydrogens (tertiary/aromatic N) is 1. The van der Waals surface area contributed by atoms with Crippen LogP contribution in [0.25, 0.3) is 5.57 Å². The van der Waals surface area contributed by atoms with E-state index in [0.717, 1.165) is 19.5 Å².